The molecule has 1 rings (SSSR count). The van der Waals surface area contributed by atoms with Gasteiger partial charge in [0.05, 0.1) is 0 Å². The van der Waals surface area contributed by atoms with E-state index in [0.717, 1.165) is 12.8 Å². The van der Waals surface area contributed by atoms with Gasteiger partial charge in [0, 0.05) is 19.0 Å². The zero-order chi connectivity index (χ0) is 12.0. The van der Waals surface area contributed by atoms with Crippen molar-refractivity contribution < 1.29 is 9.32 Å². The fraction of sp³-hybridized carbons (Fsp3) is 0.700. The van der Waals surface area contributed by atoms with Gasteiger partial charge in [-0.25, -0.2) is 0 Å². The summed E-state index contributed by atoms with van der Waals surface area (Å²) in [6.45, 7) is 4.43. The van der Waals surface area contributed by atoms with Crippen molar-refractivity contribution >= 4 is 5.91 Å². The van der Waals surface area contributed by atoms with Crippen molar-refractivity contribution in [2.45, 2.75) is 39.2 Å². The standard InChI is InChI=1S/C10H18N4O2/c1-3-5-7(11)6-8-13-9(14-16-8)10(15)12-4-2/h7H,3-6,11H2,1-2H3,(H,12,15). The number of hydrogen-bond donors (Lipinski definition) is 2. The topological polar surface area (TPSA) is 94.0 Å². The van der Waals surface area contributed by atoms with E-state index < -0.39 is 0 Å². The van der Waals surface area contributed by atoms with Gasteiger partial charge in [0.15, 0.2) is 0 Å². The Hall–Kier alpha value is -1.43. The molecule has 6 nitrogen and oxygen atoms in total. The fourth-order valence-corrected chi connectivity index (χ4v) is 1.37. The van der Waals surface area contributed by atoms with E-state index in [1.165, 1.54) is 0 Å². The summed E-state index contributed by atoms with van der Waals surface area (Å²) in [4.78, 5) is 15.3. The maximum atomic E-state index is 11.3. The van der Waals surface area contributed by atoms with E-state index in [4.69, 9.17) is 10.3 Å². The first kappa shape index (κ1) is 12.6. The Kier molecular flexibility index (Phi) is 4.91. The predicted octanol–water partition coefficient (Wildman–Crippen LogP) is 0.489. The largest absolute Gasteiger partial charge is 0.349 e. The van der Waals surface area contributed by atoms with Crippen molar-refractivity contribution in [1.82, 2.24) is 15.5 Å². The van der Waals surface area contributed by atoms with Crippen molar-refractivity contribution in [3.8, 4) is 0 Å². The average Bonchev–Trinajstić information content (AvgIpc) is 2.67. The van der Waals surface area contributed by atoms with Gasteiger partial charge in [-0.05, 0) is 13.3 Å². The number of carbonyl (C=O) groups is 1. The van der Waals surface area contributed by atoms with Crippen molar-refractivity contribution in [2.24, 2.45) is 5.73 Å². The second-order valence-corrected chi connectivity index (χ2v) is 3.62. The third-order valence-corrected chi connectivity index (χ3v) is 2.10. The summed E-state index contributed by atoms with van der Waals surface area (Å²) in [6.07, 6.45) is 2.43. The quantitative estimate of drug-likeness (QED) is 0.736. The Balaban J connectivity index is 2.54. The first-order valence-corrected chi connectivity index (χ1v) is 5.53. The minimum atomic E-state index is -0.318. The molecule has 1 unspecified atom stereocenters. The van der Waals surface area contributed by atoms with Gasteiger partial charge in [0.1, 0.15) is 0 Å². The van der Waals surface area contributed by atoms with Gasteiger partial charge in [-0.3, -0.25) is 4.79 Å². The van der Waals surface area contributed by atoms with Crippen molar-refractivity contribution in [2.75, 3.05) is 6.54 Å². The van der Waals surface area contributed by atoms with Crippen LogP contribution >= 0.6 is 0 Å². The van der Waals surface area contributed by atoms with Gasteiger partial charge in [-0.2, -0.15) is 4.98 Å². The minimum absolute atomic E-state index is 0.00698. The molecule has 0 saturated heterocycles. The van der Waals surface area contributed by atoms with Crippen LogP contribution in [-0.2, 0) is 6.42 Å². The molecule has 1 aromatic heterocycles. The molecule has 16 heavy (non-hydrogen) atoms. The Bertz CT molecular complexity index is 337. The van der Waals surface area contributed by atoms with Crippen LogP contribution in [0.2, 0.25) is 0 Å². The van der Waals surface area contributed by atoms with Gasteiger partial charge >= 0.3 is 0 Å². The third-order valence-electron chi connectivity index (χ3n) is 2.10. The second kappa shape index (κ2) is 6.22. The molecular formula is C10H18N4O2. The van der Waals surface area contributed by atoms with Gasteiger partial charge in [-0.15, -0.1) is 0 Å². The van der Waals surface area contributed by atoms with Crippen LogP contribution in [0.15, 0.2) is 4.52 Å². The van der Waals surface area contributed by atoms with Crippen LogP contribution in [0.1, 0.15) is 43.2 Å². The molecule has 0 fully saturated rings. The molecule has 0 aliphatic heterocycles. The molecule has 3 N–H and O–H groups in total. The number of carbonyl (C=O) groups excluding carboxylic acids is 1. The third kappa shape index (κ3) is 3.62. The number of nitrogens with two attached hydrogens (primary N) is 1. The lowest BCUT2D eigenvalue weighted by molar-refractivity contribution is 0.0942. The van der Waals surface area contributed by atoms with Crippen molar-refractivity contribution in [3.05, 3.63) is 11.7 Å². The zero-order valence-electron chi connectivity index (χ0n) is 9.69. The molecule has 1 amide bonds. The highest BCUT2D eigenvalue weighted by molar-refractivity contribution is 5.90. The Morgan fingerprint density at radius 2 is 2.31 bits per heavy atom. The molecule has 0 saturated carbocycles. The molecule has 0 aromatic carbocycles. The lowest BCUT2D eigenvalue weighted by atomic mass is 10.1. The smallest absolute Gasteiger partial charge is 0.292 e. The molecule has 1 atom stereocenters. The summed E-state index contributed by atoms with van der Waals surface area (Å²) in [7, 11) is 0. The highest BCUT2D eigenvalue weighted by Gasteiger charge is 2.15. The van der Waals surface area contributed by atoms with Gasteiger partial charge in [0.2, 0.25) is 5.89 Å². The summed E-state index contributed by atoms with van der Waals surface area (Å²) in [5.41, 5.74) is 5.83. The molecule has 1 heterocycles. The minimum Gasteiger partial charge on any atom is -0.349 e. The Morgan fingerprint density at radius 3 is 2.94 bits per heavy atom. The van der Waals surface area contributed by atoms with Gasteiger partial charge < -0.3 is 15.6 Å². The van der Waals surface area contributed by atoms with Crippen LogP contribution in [-0.4, -0.2) is 28.6 Å². The molecule has 0 radical (unpaired) electrons. The predicted molar refractivity (Wildman–Crippen MR) is 58.9 cm³/mol. The zero-order valence-corrected chi connectivity index (χ0v) is 9.69. The van der Waals surface area contributed by atoms with Gasteiger partial charge in [0.25, 0.3) is 11.7 Å². The summed E-state index contributed by atoms with van der Waals surface area (Å²) < 4.78 is 4.95. The molecule has 90 valence electrons. The first-order chi connectivity index (χ1) is 7.67. The van der Waals surface area contributed by atoms with Crippen molar-refractivity contribution in [1.29, 1.82) is 0 Å². The molecule has 0 bridgehead atoms. The fourth-order valence-electron chi connectivity index (χ4n) is 1.37. The normalized spacial score (nSPS) is 12.4. The van der Waals surface area contributed by atoms with Crippen LogP contribution in [0, 0.1) is 0 Å². The molecular weight excluding hydrogens is 208 g/mol. The SMILES string of the molecule is CCCC(N)Cc1nc(C(=O)NCC)no1. The van der Waals surface area contributed by atoms with Crippen LogP contribution in [0.5, 0.6) is 0 Å². The number of aromatic nitrogens is 2. The monoisotopic (exact) mass is 226 g/mol. The summed E-state index contributed by atoms with van der Waals surface area (Å²) in [6, 6.07) is 0.00698. The van der Waals surface area contributed by atoms with Crippen LogP contribution < -0.4 is 11.1 Å². The van der Waals surface area contributed by atoms with E-state index in [2.05, 4.69) is 22.4 Å². The van der Waals surface area contributed by atoms with Crippen molar-refractivity contribution in [3.63, 3.8) is 0 Å². The lowest BCUT2D eigenvalue weighted by Gasteiger charge is -2.05. The number of nitrogens with zero attached hydrogens (tertiary/aromatic N) is 2. The summed E-state index contributed by atoms with van der Waals surface area (Å²) in [5, 5.41) is 6.19. The Morgan fingerprint density at radius 1 is 1.56 bits per heavy atom. The molecule has 0 aliphatic rings. The van der Waals surface area contributed by atoms with E-state index in [-0.39, 0.29) is 17.8 Å². The molecule has 0 aliphatic carbocycles. The molecule has 6 heteroatoms. The van der Waals surface area contributed by atoms with Gasteiger partial charge in [-0.1, -0.05) is 18.5 Å². The second-order valence-electron chi connectivity index (χ2n) is 3.62. The lowest BCUT2D eigenvalue weighted by Crippen LogP contribution is -2.24. The van der Waals surface area contributed by atoms with E-state index in [9.17, 15) is 4.79 Å². The van der Waals surface area contributed by atoms with Crippen LogP contribution in [0.4, 0.5) is 0 Å². The maximum absolute atomic E-state index is 11.3. The highest BCUT2D eigenvalue weighted by atomic mass is 16.5. The van der Waals surface area contributed by atoms with E-state index in [1.54, 1.807) is 0 Å². The average molecular weight is 226 g/mol. The number of rotatable bonds is 6. The first-order valence-electron chi connectivity index (χ1n) is 5.53. The van der Waals surface area contributed by atoms with E-state index in [1.807, 2.05) is 6.92 Å². The van der Waals surface area contributed by atoms with E-state index >= 15 is 0 Å². The summed E-state index contributed by atoms with van der Waals surface area (Å²) >= 11 is 0. The number of hydrogen-bond acceptors (Lipinski definition) is 5. The molecule has 0 spiro atoms. The number of amides is 1. The maximum Gasteiger partial charge on any atom is 0.292 e. The number of nitrogens with one attached hydrogen (secondary N) is 1. The summed E-state index contributed by atoms with van der Waals surface area (Å²) in [5.74, 6) is 0.171. The molecule has 1 aromatic rings. The van der Waals surface area contributed by atoms with Crippen LogP contribution in [0.25, 0.3) is 0 Å². The Labute approximate surface area is 94.6 Å². The van der Waals surface area contributed by atoms with Crippen LogP contribution in [0.3, 0.4) is 0 Å². The van der Waals surface area contributed by atoms with E-state index in [0.29, 0.717) is 18.9 Å². The highest BCUT2D eigenvalue weighted by Crippen LogP contribution is 2.04.